The Bertz CT molecular complexity index is 2830. The summed E-state index contributed by atoms with van der Waals surface area (Å²) in [5, 5.41) is 10.5. The molecule has 10 aromatic carbocycles. The normalized spacial score (nSPS) is 10.6. The molecule has 278 valence electrons. The zero-order chi connectivity index (χ0) is 37.7. The Morgan fingerprint density at radius 1 is 0.421 bits per heavy atom. The maximum Gasteiger partial charge on any atom is 0.0164 e. The summed E-state index contributed by atoms with van der Waals surface area (Å²) in [4.78, 5) is 0. The van der Waals surface area contributed by atoms with Gasteiger partial charge in [0.2, 0.25) is 0 Å². The summed E-state index contributed by atoms with van der Waals surface area (Å²) in [6, 6.07) is 72.6. The van der Waals surface area contributed by atoms with Gasteiger partial charge in [0, 0.05) is 5.92 Å². The number of hydrogen-bond acceptors (Lipinski definition) is 0. The molecule has 0 atom stereocenters. The van der Waals surface area contributed by atoms with E-state index in [9.17, 15) is 0 Å². The van der Waals surface area contributed by atoms with Gasteiger partial charge in [-0.25, -0.2) is 0 Å². The van der Waals surface area contributed by atoms with Crippen LogP contribution in [0.15, 0.2) is 200 Å². The van der Waals surface area contributed by atoms with Crippen molar-refractivity contribution in [2.45, 2.75) is 19.8 Å². The van der Waals surface area contributed by atoms with E-state index in [1.807, 2.05) is 0 Å². The van der Waals surface area contributed by atoms with Crippen LogP contribution in [0.2, 0.25) is 0 Å². The molecule has 0 N–H and O–H groups in total. The third-order valence-corrected chi connectivity index (χ3v) is 10.8. The van der Waals surface area contributed by atoms with E-state index in [2.05, 4.69) is 221 Å². The molecular weight excluding hydrogens is 780 g/mol. The molecule has 0 aliphatic carbocycles. The standard InChI is InChI=1S/C32H23.C21H17.2CH3.Si.Zr/c1-3-12-24(13-4-1)32(25-14-5-2-6-15-25)27-21-26-17-10-20-30(31(26)22-27)29-19-9-16-23-11-7-8-18-28(23)29;1-14-12-20-15(2)10-11-19(21(20)13-14)18-9-5-7-16-6-3-4-8-17(16)18;;;;/h1-22,32H;3-13H,1-2H3;2*1H3;;/q4*-1;;. The molecule has 0 amide bonds. The van der Waals surface area contributed by atoms with Crippen LogP contribution in [0.4, 0.5) is 0 Å². The molecule has 10 aromatic rings. The maximum absolute atomic E-state index is 3.06. The molecule has 0 aliphatic heterocycles. The quantitative estimate of drug-likeness (QED) is 0.120. The van der Waals surface area contributed by atoms with Crippen molar-refractivity contribution in [2.75, 3.05) is 0 Å². The molecule has 0 saturated heterocycles. The minimum absolute atomic E-state index is 0. The molecule has 10 rings (SSSR count). The molecule has 0 spiro atoms. The predicted molar refractivity (Wildman–Crippen MR) is 247 cm³/mol. The van der Waals surface area contributed by atoms with Crippen molar-refractivity contribution in [3.8, 4) is 22.3 Å². The second-order valence-corrected chi connectivity index (χ2v) is 14.2. The molecule has 0 nitrogen and oxygen atoms in total. The summed E-state index contributed by atoms with van der Waals surface area (Å²) < 4.78 is 0. The van der Waals surface area contributed by atoms with E-state index in [-0.39, 0.29) is 20.8 Å². The molecule has 0 aromatic heterocycles. The number of rotatable bonds is 5. The number of hydrogen-bond donors (Lipinski definition) is 0. The van der Waals surface area contributed by atoms with Gasteiger partial charge in [-0.1, -0.05) is 183 Å². The monoisotopic (exact) mass is 824 g/mol. The Morgan fingerprint density at radius 2 is 0.877 bits per heavy atom. The SMILES string of the molecule is Cc1cc2c(-c3cccc4ccccc34)ccc(C)c2[cH-]1.[CH3-].[CH3-].[Si]=[Zr].c1ccc(C(c2ccccc2)c2cc3c(-c4cccc5ccccc45)cccc3[cH-]2)cc1. The van der Waals surface area contributed by atoms with E-state index in [0.717, 1.165) is 0 Å². The zero-order valence-electron chi connectivity index (χ0n) is 33.1. The fourth-order valence-electron chi connectivity index (χ4n) is 8.27. The number of benzene rings is 8. The molecule has 0 heterocycles. The van der Waals surface area contributed by atoms with E-state index < -0.39 is 0 Å². The van der Waals surface area contributed by atoms with Crippen LogP contribution in [-0.4, -0.2) is 6.88 Å². The molecular formula is C55H46SiZr-4. The van der Waals surface area contributed by atoms with E-state index in [4.69, 9.17) is 0 Å². The van der Waals surface area contributed by atoms with Gasteiger partial charge < -0.3 is 14.9 Å². The summed E-state index contributed by atoms with van der Waals surface area (Å²) in [5.41, 5.74) is 11.9. The summed E-state index contributed by atoms with van der Waals surface area (Å²) in [6.45, 7) is 7.42. The first-order chi connectivity index (χ1) is 27.1. The molecule has 0 saturated carbocycles. The fourth-order valence-corrected chi connectivity index (χ4v) is 8.27. The van der Waals surface area contributed by atoms with Gasteiger partial charge in [-0.15, -0.1) is 68.6 Å². The van der Waals surface area contributed by atoms with Crippen molar-refractivity contribution in [3.05, 3.63) is 243 Å². The van der Waals surface area contributed by atoms with Crippen molar-refractivity contribution < 1.29 is 23.3 Å². The summed E-state index contributed by atoms with van der Waals surface area (Å²) in [7, 11) is 0. The Morgan fingerprint density at radius 3 is 1.44 bits per heavy atom. The summed E-state index contributed by atoms with van der Waals surface area (Å²) in [6.07, 6.45) is 0. The van der Waals surface area contributed by atoms with Crippen molar-refractivity contribution in [1.82, 2.24) is 0 Å². The largest absolute Gasteiger partial charge is 0.163 e. The van der Waals surface area contributed by atoms with Crippen LogP contribution in [0.1, 0.15) is 33.7 Å². The topological polar surface area (TPSA) is 0 Å². The smallest absolute Gasteiger partial charge is 0.0164 e. The Kier molecular flexibility index (Phi) is 13.5. The molecule has 2 heteroatoms. The first-order valence-electron chi connectivity index (χ1n) is 18.8. The van der Waals surface area contributed by atoms with Crippen LogP contribution in [0.3, 0.4) is 0 Å². The van der Waals surface area contributed by atoms with Crippen LogP contribution in [0.25, 0.3) is 65.3 Å². The van der Waals surface area contributed by atoms with E-state index in [1.54, 1.807) is 0 Å². The van der Waals surface area contributed by atoms with Gasteiger partial charge in [-0.05, 0) is 43.8 Å². The zero-order valence-corrected chi connectivity index (χ0v) is 36.6. The minimum atomic E-state index is 0. The van der Waals surface area contributed by atoms with Crippen LogP contribution in [0.5, 0.6) is 0 Å². The van der Waals surface area contributed by atoms with Gasteiger partial charge in [0.1, 0.15) is 0 Å². The molecule has 0 unspecified atom stereocenters. The van der Waals surface area contributed by atoms with Gasteiger partial charge in [0.25, 0.3) is 0 Å². The molecule has 0 aliphatic rings. The third kappa shape index (κ3) is 8.36. The van der Waals surface area contributed by atoms with Crippen LogP contribution >= 0.6 is 0 Å². The van der Waals surface area contributed by atoms with E-state index in [0.29, 0.717) is 0 Å². The van der Waals surface area contributed by atoms with Crippen molar-refractivity contribution in [3.63, 3.8) is 0 Å². The molecule has 2 radical (unpaired) electrons. The number of fused-ring (bicyclic) bond motifs is 4. The molecule has 0 bridgehead atoms. The summed E-state index contributed by atoms with van der Waals surface area (Å²) in [5.74, 6) is 0.213. The molecule has 0 fully saturated rings. The van der Waals surface area contributed by atoms with Crippen molar-refractivity contribution >= 4 is 50.0 Å². The Labute approximate surface area is 355 Å². The minimum Gasteiger partial charge on any atom is -0.163 e. The number of aryl methyl sites for hydroxylation is 2. The average Bonchev–Trinajstić information content (AvgIpc) is 3.87. The third-order valence-electron chi connectivity index (χ3n) is 10.8. The van der Waals surface area contributed by atoms with Crippen molar-refractivity contribution in [1.29, 1.82) is 0 Å². The van der Waals surface area contributed by atoms with Gasteiger partial charge >= 0.3 is 30.2 Å². The second-order valence-electron chi connectivity index (χ2n) is 14.2. The Balaban J connectivity index is 0.000000192. The maximum atomic E-state index is 3.06. The van der Waals surface area contributed by atoms with Crippen LogP contribution in [0, 0.1) is 28.7 Å². The Hall–Kier alpha value is -5.40. The first kappa shape index (κ1) is 41.2. The predicted octanol–water partition coefficient (Wildman–Crippen LogP) is 15.1. The average molecular weight is 826 g/mol. The van der Waals surface area contributed by atoms with Gasteiger partial charge in [0.05, 0.1) is 0 Å². The molecule has 57 heavy (non-hydrogen) atoms. The first-order valence-corrected chi connectivity index (χ1v) is 23.0. The van der Waals surface area contributed by atoms with Crippen molar-refractivity contribution in [2.24, 2.45) is 0 Å². The van der Waals surface area contributed by atoms with Crippen LogP contribution < -0.4 is 0 Å². The van der Waals surface area contributed by atoms with Gasteiger partial charge in [-0.2, -0.15) is 12.1 Å². The second kappa shape index (κ2) is 18.7. The van der Waals surface area contributed by atoms with Gasteiger partial charge in [0.15, 0.2) is 0 Å². The van der Waals surface area contributed by atoms with Crippen LogP contribution in [-0.2, 0) is 23.3 Å². The van der Waals surface area contributed by atoms with E-state index in [1.165, 1.54) is 116 Å². The van der Waals surface area contributed by atoms with E-state index >= 15 is 0 Å². The fraction of sp³-hybridized carbons (Fsp3) is 0.0545. The summed E-state index contributed by atoms with van der Waals surface area (Å²) >= 11 is 1.36. The van der Waals surface area contributed by atoms with Gasteiger partial charge in [-0.3, -0.25) is 0 Å².